The van der Waals surface area contributed by atoms with Crippen molar-refractivity contribution >= 4 is 34.2 Å². The average Bonchev–Trinajstić information content (AvgIpc) is 3.23. The van der Waals surface area contributed by atoms with E-state index in [0.29, 0.717) is 16.3 Å². The van der Waals surface area contributed by atoms with Crippen LogP contribution in [-0.2, 0) is 20.0 Å². The monoisotopic (exact) mass is 393 g/mol. The summed E-state index contributed by atoms with van der Waals surface area (Å²) in [6.07, 6.45) is 4.57. The predicted octanol–water partition coefficient (Wildman–Crippen LogP) is 4.23. The van der Waals surface area contributed by atoms with E-state index in [1.807, 2.05) is 38.4 Å². The highest BCUT2D eigenvalue weighted by Gasteiger charge is 2.12. The van der Waals surface area contributed by atoms with Crippen LogP contribution >= 0.6 is 11.6 Å². The fourth-order valence-corrected chi connectivity index (χ4v) is 3.48. The van der Waals surface area contributed by atoms with E-state index in [1.165, 1.54) is 0 Å². The maximum absolute atomic E-state index is 12.5. The Morgan fingerprint density at radius 1 is 1.21 bits per heavy atom. The van der Waals surface area contributed by atoms with Gasteiger partial charge in [-0.15, -0.1) is 0 Å². The quantitative estimate of drug-likeness (QED) is 0.552. The fourth-order valence-electron chi connectivity index (χ4n) is 3.26. The van der Waals surface area contributed by atoms with Crippen molar-refractivity contribution in [2.75, 3.05) is 5.32 Å². The lowest BCUT2D eigenvalue weighted by Crippen LogP contribution is -2.12. The Labute approximate surface area is 167 Å². The molecule has 4 aromatic rings. The zero-order chi connectivity index (χ0) is 19.7. The van der Waals surface area contributed by atoms with Gasteiger partial charge in [-0.1, -0.05) is 23.7 Å². The second-order valence-corrected chi connectivity index (χ2v) is 7.05. The SMILES string of the molecule is Cc1nccn1CCc1nc2cc(NC(=O)c3ccccc3Cl)ccc2n1C. The third-order valence-electron chi connectivity index (χ3n) is 4.85. The van der Waals surface area contributed by atoms with Gasteiger partial charge in [-0.25, -0.2) is 9.97 Å². The molecular formula is C21H20ClN5O. The minimum atomic E-state index is -0.239. The molecule has 0 spiro atoms. The minimum absolute atomic E-state index is 0.239. The van der Waals surface area contributed by atoms with Gasteiger partial charge in [0.05, 0.1) is 21.6 Å². The van der Waals surface area contributed by atoms with Crippen LogP contribution in [0.5, 0.6) is 0 Å². The average molecular weight is 394 g/mol. The zero-order valence-electron chi connectivity index (χ0n) is 15.7. The van der Waals surface area contributed by atoms with Crippen LogP contribution in [0.15, 0.2) is 54.9 Å². The summed E-state index contributed by atoms with van der Waals surface area (Å²) in [4.78, 5) is 21.5. The second-order valence-electron chi connectivity index (χ2n) is 6.64. The molecule has 1 amide bonds. The smallest absolute Gasteiger partial charge is 0.257 e. The van der Waals surface area contributed by atoms with Crippen LogP contribution in [0.3, 0.4) is 0 Å². The fraction of sp³-hybridized carbons (Fsp3) is 0.190. The van der Waals surface area contributed by atoms with Crippen LogP contribution in [0.25, 0.3) is 11.0 Å². The lowest BCUT2D eigenvalue weighted by Gasteiger charge is -2.07. The lowest BCUT2D eigenvalue weighted by atomic mass is 10.2. The van der Waals surface area contributed by atoms with Gasteiger partial charge in [0.25, 0.3) is 5.91 Å². The van der Waals surface area contributed by atoms with Crippen LogP contribution in [0.4, 0.5) is 5.69 Å². The summed E-state index contributed by atoms with van der Waals surface area (Å²) in [5.74, 6) is 1.73. The predicted molar refractivity (Wildman–Crippen MR) is 111 cm³/mol. The van der Waals surface area contributed by atoms with Gasteiger partial charge >= 0.3 is 0 Å². The second kappa shape index (κ2) is 7.48. The molecule has 28 heavy (non-hydrogen) atoms. The van der Waals surface area contributed by atoms with E-state index in [-0.39, 0.29) is 5.91 Å². The number of carbonyl (C=O) groups is 1. The number of hydrogen-bond donors (Lipinski definition) is 1. The Kier molecular flexibility index (Phi) is 4.88. The summed E-state index contributed by atoms with van der Waals surface area (Å²) in [5, 5.41) is 3.32. The Bertz CT molecular complexity index is 1160. The first-order valence-electron chi connectivity index (χ1n) is 9.02. The number of nitrogens with zero attached hydrogens (tertiary/aromatic N) is 4. The van der Waals surface area contributed by atoms with Crippen molar-refractivity contribution in [2.24, 2.45) is 7.05 Å². The van der Waals surface area contributed by atoms with Crippen molar-refractivity contribution in [3.05, 3.63) is 77.1 Å². The molecule has 2 aromatic carbocycles. The number of amides is 1. The number of aromatic nitrogens is 4. The number of anilines is 1. The van der Waals surface area contributed by atoms with Crippen molar-refractivity contribution in [1.29, 1.82) is 0 Å². The summed E-state index contributed by atoms with van der Waals surface area (Å²) in [7, 11) is 2.01. The largest absolute Gasteiger partial charge is 0.335 e. The maximum atomic E-state index is 12.5. The van der Waals surface area contributed by atoms with E-state index in [0.717, 1.165) is 35.6 Å². The summed E-state index contributed by atoms with van der Waals surface area (Å²) >= 11 is 6.11. The van der Waals surface area contributed by atoms with Crippen LogP contribution < -0.4 is 5.32 Å². The third-order valence-corrected chi connectivity index (χ3v) is 5.18. The minimum Gasteiger partial charge on any atom is -0.335 e. The maximum Gasteiger partial charge on any atom is 0.257 e. The van der Waals surface area contributed by atoms with E-state index >= 15 is 0 Å². The van der Waals surface area contributed by atoms with Crippen LogP contribution in [0, 0.1) is 6.92 Å². The first-order chi connectivity index (χ1) is 13.5. The summed E-state index contributed by atoms with van der Waals surface area (Å²) in [5.41, 5.74) is 3.00. The van der Waals surface area contributed by atoms with E-state index in [1.54, 1.807) is 30.5 Å². The molecule has 0 saturated carbocycles. The molecule has 1 N–H and O–H groups in total. The van der Waals surface area contributed by atoms with Gasteiger partial charge < -0.3 is 14.5 Å². The van der Waals surface area contributed by atoms with Crippen molar-refractivity contribution in [3.8, 4) is 0 Å². The van der Waals surface area contributed by atoms with Gasteiger partial charge in [0, 0.05) is 38.1 Å². The molecule has 0 saturated heterocycles. The van der Waals surface area contributed by atoms with Gasteiger partial charge in [0.1, 0.15) is 11.6 Å². The number of aryl methyl sites for hydroxylation is 4. The number of imidazole rings is 2. The highest BCUT2D eigenvalue weighted by atomic mass is 35.5. The Hall–Kier alpha value is -3.12. The third kappa shape index (κ3) is 3.51. The number of hydrogen-bond acceptors (Lipinski definition) is 3. The molecule has 4 rings (SSSR count). The first-order valence-corrected chi connectivity index (χ1v) is 9.39. The van der Waals surface area contributed by atoms with E-state index < -0.39 is 0 Å². The van der Waals surface area contributed by atoms with E-state index in [4.69, 9.17) is 16.6 Å². The molecule has 0 aliphatic rings. The van der Waals surface area contributed by atoms with E-state index in [9.17, 15) is 4.79 Å². The molecule has 0 radical (unpaired) electrons. The summed E-state index contributed by atoms with van der Waals surface area (Å²) in [6.45, 7) is 2.81. The molecule has 2 heterocycles. The number of carbonyl (C=O) groups excluding carboxylic acids is 1. The number of benzene rings is 2. The Balaban J connectivity index is 1.55. The summed E-state index contributed by atoms with van der Waals surface area (Å²) in [6, 6.07) is 12.7. The molecule has 2 aromatic heterocycles. The lowest BCUT2D eigenvalue weighted by molar-refractivity contribution is 0.102. The molecule has 0 aliphatic carbocycles. The normalized spacial score (nSPS) is 11.1. The standard InChI is InChI=1S/C21H20ClN5O/c1-14-23-10-12-27(14)11-9-20-25-18-13-15(7-8-19(18)26(20)2)24-21(28)16-5-3-4-6-17(16)22/h3-8,10,12-13H,9,11H2,1-2H3,(H,24,28). The van der Waals surface area contributed by atoms with Crippen molar-refractivity contribution in [3.63, 3.8) is 0 Å². The van der Waals surface area contributed by atoms with E-state index in [2.05, 4.69) is 19.4 Å². The van der Waals surface area contributed by atoms with Gasteiger partial charge in [0.15, 0.2) is 0 Å². The summed E-state index contributed by atoms with van der Waals surface area (Å²) < 4.78 is 4.19. The molecule has 0 atom stereocenters. The molecule has 0 bridgehead atoms. The van der Waals surface area contributed by atoms with Gasteiger partial charge in [0.2, 0.25) is 0 Å². The highest BCUT2D eigenvalue weighted by Crippen LogP contribution is 2.22. The van der Waals surface area contributed by atoms with Crippen molar-refractivity contribution < 1.29 is 4.79 Å². The molecule has 6 nitrogen and oxygen atoms in total. The number of rotatable bonds is 5. The first kappa shape index (κ1) is 18.3. The Morgan fingerprint density at radius 3 is 2.79 bits per heavy atom. The van der Waals surface area contributed by atoms with Crippen LogP contribution in [0.2, 0.25) is 5.02 Å². The zero-order valence-corrected chi connectivity index (χ0v) is 16.4. The van der Waals surface area contributed by atoms with Gasteiger partial charge in [-0.3, -0.25) is 4.79 Å². The molecule has 0 fully saturated rings. The van der Waals surface area contributed by atoms with Gasteiger partial charge in [-0.2, -0.15) is 0 Å². The van der Waals surface area contributed by atoms with Crippen LogP contribution in [-0.4, -0.2) is 25.0 Å². The number of halogens is 1. The molecule has 142 valence electrons. The molecule has 0 unspecified atom stereocenters. The highest BCUT2D eigenvalue weighted by molar-refractivity contribution is 6.34. The number of fused-ring (bicyclic) bond motifs is 1. The molecule has 7 heteroatoms. The molecular weight excluding hydrogens is 374 g/mol. The Morgan fingerprint density at radius 2 is 2.04 bits per heavy atom. The van der Waals surface area contributed by atoms with Gasteiger partial charge in [-0.05, 0) is 37.3 Å². The van der Waals surface area contributed by atoms with Crippen molar-refractivity contribution in [1.82, 2.24) is 19.1 Å². The van der Waals surface area contributed by atoms with Crippen molar-refractivity contribution in [2.45, 2.75) is 19.9 Å². The topological polar surface area (TPSA) is 64.7 Å². The molecule has 0 aliphatic heterocycles. The number of nitrogens with one attached hydrogen (secondary N) is 1. The van der Waals surface area contributed by atoms with Crippen LogP contribution in [0.1, 0.15) is 22.0 Å².